The molecule has 5 heteroatoms. The van der Waals surface area contributed by atoms with Gasteiger partial charge in [-0.3, -0.25) is 4.79 Å². The standard InChI is InChI=1S/C17H22FNO3/c1-10(20)12-4-2-11(3-5-12)8-19-9-13-6-7-14(21)16(18)15(13)17(19)22/h6-7,10-12,20-21H,2-5,8-9H2,1H3/t10-,11-,12-/m1/s1. The first kappa shape index (κ1) is 15.3. The van der Waals surface area contributed by atoms with Gasteiger partial charge in [0, 0.05) is 13.1 Å². The lowest BCUT2D eigenvalue weighted by molar-refractivity contribution is 0.0645. The van der Waals surface area contributed by atoms with Crippen LogP contribution in [0.25, 0.3) is 0 Å². The lowest BCUT2D eigenvalue weighted by Crippen LogP contribution is -2.33. The molecule has 0 radical (unpaired) electrons. The largest absolute Gasteiger partial charge is 0.505 e. The van der Waals surface area contributed by atoms with Crippen molar-refractivity contribution in [2.24, 2.45) is 11.8 Å². The number of carbonyl (C=O) groups excluding carboxylic acids is 1. The molecule has 1 fully saturated rings. The van der Waals surface area contributed by atoms with Gasteiger partial charge in [0.05, 0.1) is 11.7 Å². The average molecular weight is 307 g/mol. The maximum Gasteiger partial charge on any atom is 0.257 e. The second kappa shape index (κ2) is 5.88. The van der Waals surface area contributed by atoms with Gasteiger partial charge < -0.3 is 15.1 Å². The highest BCUT2D eigenvalue weighted by Crippen LogP contribution is 2.34. The summed E-state index contributed by atoms with van der Waals surface area (Å²) < 4.78 is 13.9. The maximum absolute atomic E-state index is 13.9. The topological polar surface area (TPSA) is 60.8 Å². The highest BCUT2D eigenvalue weighted by molar-refractivity contribution is 5.99. The number of aromatic hydroxyl groups is 1. The number of phenolic OH excluding ortho intramolecular Hbond substituents is 1. The van der Waals surface area contributed by atoms with E-state index < -0.39 is 11.6 Å². The summed E-state index contributed by atoms with van der Waals surface area (Å²) in [5.74, 6) is -0.822. The number of benzene rings is 1. The predicted octanol–water partition coefficient (Wildman–Crippen LogP) is 2.67. The van der Waals surface area contributed by atoms with Crippen LogP contribution in [0.15, 0.2) is 12.1 Å². The summed E-state index contributed by atoms with van der Waals surface area (Å²) in [6.07, 6.45) is 3.67. The van der Waals surface area contributed by atoms with Gasteiger partial charge in [0.25, 0.3) is 5.91 Å². The molecule has 0 unspecified atom stereocenters. The molecule has 4 nitrogen and oxygen atoms in total. The molecule has 1 atom stereocenters. The van der Waals surface area contributed by atoms with Crippen LogP contribution in [0.3, 0.4) is 0 Å². The number of aliphatic hydroxyl groups excluding tert-OH is 1. The Hall–Kier alpha value is -1.62. The van der Waals surface area contributed by atoms with Crippen LogP contribution in [0, 0.1) is 17.7 Å². The van der Waals surface area contributed by atoms with Gasteiger partial charge in [0.1, 0.15) is 0 Å². The van der Waals surface area contributed by atoms with E-state index in [1.165, 1.54) is 6.07 Å². The molecule has 0 spiro atoms. The van der Waals surface area contributed by atoms with Gasteiger partial charge in [-0.1, -0.05) is 6.07 Å². The molecule has 1 aliphatic heterocycles. The van der Waals surface area contributed by atoms with Crippen LogP contribution in [-0.4, -0.2) is 33.7 Å². The first-order chi connectivity index (χ1) is 10.5. The van der Waals surface area contributed by atoms with Crippen molar-refractivity contribution >= 4 is 5.91 Å². The van der Waals surface area contributed by atoms with E-state index in [9.17, 15) is 19.4 Å². The van der Waals surface area contributed by atoms with Crippen LogP contribution in [0.5, 0.6) is 5.75 Å². The first-order valence-electron chi connectivity index (χ1n) is 7.95. The summed E-state index contributed by atoms with van der Waals surface area (Å²) in [6.45, 7) is 2.88. The van der Waals surface area contributed by atoms with Gasteiger partial charge in [0.2, 0.25) is 0 Å². The van der Waals surface area contributed by atoms with Gasteiger partial charge in [-0.05, 0) is 56.1 Å². The van der Waals surface area contributed by atoms with E-state index in [1.807, 2.05) is 6.92 Å². The molecule has 2 N–H and O–H groups in total. The Morgan fingerprint density at radius 1 is 1.32 bits per heavy atom. The highest BCUT2D eigenvalue weighted by Gasteiger charge is 2.34. The zero-order valence-corrected chi connectivity index (χ0v) is 12.8. The van der Waals surface area contributed by atoms with Crippen molar-refractivity contribution in [3.8, 4) is 5.75 Å². The van der Waals surface area contributed by atoms with Crippen LogP contribution >= 0.6 is 0 Å². The second-order valence-corrected chi connectivity index (χ2v) is 6.64. The van der Waals surface area contributed by atoms with E-state index in [2.05, 4.69) is 0 Å². The van der Waals surface area contributed by atoms with Gasteiger partial charge in [-0.2, -0.15) is 0 Å². The van der Waals surface area contributed by atoms with E-state index in [0.29, 0.717) is 30.5 Å². The summed E-state index contributed by atoms with van der Waals surface area (Å²) in [5, 5.41) is 19.1. The minimum Gasteiger partial charge on any atom is -0.505 e. The van der Waals surface area contributed by atoms with Crippen LogP contribution in [0.4, 0.5) is 4.39 Å². The Bertz CT molecular complexity index is 580. The zero-order valence-electron chi connectivity index (χ0n) is 12.8. The molecule has 22 heavy (non-hydrogen) atoms. The number of aliphatic hydroxyl groups is 1. The minimum atomic E-state index is -0.803. The molecule has 0 bridgehead atoms. The van der Waals surface area contributed by atoms with Crippen LogP contribution in [0.2, 0.25) is 0 Å². The van der Waals surface area contributed by atoms with E-state index in [0.717, 1.165) is 25.7 Å². The molecule has 120 valence electrons. The fourth-order valence-corrected chi connectivity index (χ4v) is 3.72. The number of hydrogen-bond acceptors (Lipinski definition) is 3. The quantitative estimate of drug-likeness (QED) is 0.902. The van der Waals surface area contributed by atoms with Crippen LogP contribution in [-0.2, 0) is 6.54 Å². The average Bonchev–Trinajstić information content (AvgIpc) is 2.81. The first-order valence-corrected chi connectivity index (χ1v) is 7.95. The monoisotopic (exact) mass is 307 g/mol. The number of fused-ring (bicyclic) bond motifs is 1. The summed E-state index contributed by atoms with van der Waals surface area (Å²) in [7, 11) is 0. The summed E-state index contributed by atoms with van der Waals surface area (Å²) in [6, 6.07) is 2.93. The molecule has 1 aromatic rings. The Balaban J connectivity index is 1.64. The van der Waals surface area contributed by atoms with Gasteiger partial charge in [-0.15, -0.1) is 0 Å². The van der Waals surface area contributed by atoms with Crippen LogP contribution in [0.1, 0.15) is 48.5 Å². The molecule has 1 aliphatic carbocycles. The zero-order chi connectivity index (χ0) is 15.9. The number of hydrogen-bond donors (Lipinski definition) is 2. The van der Waals surface area contributed by atoms with Crippen molar-refractivity contribution in [1.82, 2.24) is 4.90 Å². The van der Waals surface area contributed by atoms with Gasteiger partial charge in [0.15, 0.2) is 11.6 Å². The number of carbonyl (C=O) groups is 1. The number of halogens is 1. The minimum absolute atomic E-state index is 0.0256. The highest BCUT2D eigenvalue weighted by atomic mass is 19.1. The lowest BCUT2D eigenvalue weighted by atomic mass is 9.79. The Labute approximate surface area is 129 Å². The van der Waals surface area contributed by atoms with Crippen molar-refractivity contribution in [3.05, 3.63) is 29.1 Å². The number of amides is 1. The molecular weight excluding hydrogens is 285 g/mol. The molecule has 3 rings (SSSR count). The molecule has 0 aromatic heterocycles. The predicted molar refractivity (Wildman–Crippen MR) is 79.9 cm³/mol. The lowest BCUT2D eigenvalue weighted by Gasteiger charge is -2.32. The van der Waals surface area contributed by atoms with Crippen molar-refractivity contribution in [2.75, 3.05) is 6.54 Å². The van der Waals surface area contributed by atoms with E-state index in [4.69, 9.17) is 0 Å². The van der Waals surface area contributed by atoms with Crippen molar-refractivity contribution < 1.29 is 19.4 Å². The molecule has 2 aliphatic rings. The summed E-state index contributed by atoms with van der Waals surface area (Å²) in [4.78, 5) is 14.0. The number of nitrogens with zero attached hydrogens (tertiary/aromatic N) is 1. The Kier molecular flexibility index (Phi) is 4.08. The molecular formula is C17H22FNO3. The van der Waals surface area contributed by atoms with Crippen molar-refractivity contribution in [1.29, 1.82) is 0 Å². The number of phenols is 1. The molecule has 1 heterocycles. The van der Waals surface area contributed by atoms with Crippen molar-refractivity contribution in [3.63, 3.8) is 0 Å². The fraction of sp³-hybridized carbons (Fsp3) is 0.588. The van der Waals surface area contributed by atoms with E-state index >= 15 is 0 Å². The van der Waals surface area contributed by atoms with Crippen molar-refractivity contribution in [2.45, 2.75) is 45.3 Å². The Morgan fingerprint density at radius 2 is 2.00 bits per heavy atom. The molecule has 1 aromatic carbocycles. The normalized spacial score (nSPS) is 26.1. The van der Waals surface area contributed by atoms with Gasteiger partial charge >= 0.3 is 0 Å². The smallest absolute Gasteiger partial charge is 0.257 e. The third-order valence-corrected chi connectivity index (χ3v) is 5.12. The van der Waals surface area contributed by atoms with E-state index in [1.54, 1.807) is 11.0 Å². The SMILES string of the molecule is C[C@@H](O)[C@H]1CC[C@H](CN2Cc3ccc(O)c(F)c3C2=O)CC1. The summed E-state index contributed by atoms with van der Waals surface area (Å²) in [5.41, 5.74) is 0.677. The maximum atomic E-state index is 13.9. The van der Waals surface area contributed by atoms with Crippen LogP contribution < -0.4 is 0 Å². The molecule has 1 saturated carbocycles. The third-order valence-electron chi connectivity index (χ3n) is 5.12. The molecule has 0 saturated heterocycles. The van der Waals surface area contributed by atoms with E-state index in [-0.39, 0.29) is 17.6 Å². The third kappa shape index (κ3) is 2.70. The van der Waals surface area contributed by atoms with Gasteiger partial charge in [-0.25, -0.2) is 4.39 Å². The number of rotatable bonds is 3. The molecule has 1 amide bonds. The Morgan fingerprint density at radius 3 is 2.64 bits per heavy atom. The second-order valence-electron chi connectivity index (χ2n) is 6.64. The fourth-order valence-electron chi connectivity index (χ4n) is 3.72. The summed E-state index contributed by atoms with van der Waals surface area (Å²) >= 11 is 0.